The maximum atomic E-state index is 12.3. The molecule has 0 aromatic carbocycles. The second-order valence-electron chi connectivity index (χ2n) is 6.33. The molecule has 124 valence electrons. The van der Waals surface area contributed by atoms with Gasteiger partial charge in [0.05, 0.1) is 11.7 Å². The molecule has 0 aliphatic heterocycles. The van der Waals surface area contributed by atoms with E-state index in [4.69, 9.17) is 0 Å². The average molecular weight is 314 g/mol. The lowest BCUT2D eigenvalue weighted by Crippen LogP contribution is -2.31. The van der Waals surface area contributed by atoms with E-state index >= 15 is 0 Å². The van der Waals surface area contributed by atoms with Crippen molar-refractivity contribution in [2.45, 2.75) is 53.1 Å². The SMILES string of the molecule is Cc1cc(C)n(CCCC(=O)NC(c2cccnc2)C(C)C)n1. The zero-order valence-corrected chi connectivity index (χ0v) is 14.4. The van der Waals surface area contributed by atoms with Crippen LogP contribution in [-0.2, 0) is 11.3 Å². The third-order valence-electron chi connectivity index (χ3n) is 3.90. The molecule has 0 aliphatic carbocycles. The van der Waals surface area contributed by atoms with Crippen LogP contribution in [0.3, 0.4) is 0 Å². The number of aromatic nitrogens is 3. The molecule has 0 fully saturated rings. The number of pyridine rings is 1. The van der Waals surface area contributed by atoms with Gasteiger partial charge >= 0.3 is 0 Å². The summed E-state index contributed by atoms with van der Waals surface area (Å²) < 4.78 is 1.96. The molecule has 5 heteroatoms. The molecule has 0 bridgehead atoms. The maximum Gasteiger partial charge on any atom is 0.220 e. The molecule has 2 aromatic heterocycles. The van der Waals surface area contributed by atoms with Crippen LogP contribution in [0.2, 0.25) is 0 Å². The number of carbonyl (C=O) groups is 1. The van der Waals surface area contributed by atoms with E-state index < -0.39 is 0 Å². The van der Waals surface area contributed by atoms with E-state index in [9.17, 15) is 4.79 Å². The van der Waals surface area contributed by atoms with Crippen molar-refractivity contribution in [2.24, 2.45) is 5.92 Å². The lowest BCUT2D eigenvalue weighted by molar-refractivity contribution is -0.122. The van der Waals surface area contributed by atoms with Crippen molar-refractivity contribution < 1.29 is 4.79 Å². The lowest BCUT2D eigenvalue weighted by Gasteiger charge is -2.22. The van der Waals surface area contributed by atoms with Gasteiger partial charge in [-0.2, -0.15) is 5.10 Å². The van der Waals surface area contributed by atoms with Crippen molar-refractivity contribution in [3.63, 3.8) is 0 Å². The molecule has 23 heavy (non-hydrogen) atoms. The van der Waals surface area contributed by atoms with Crippen molar-refractivity contribution in [1.82, 2.24) is 20.1 Å². The third kappa shape index (κ3) is 4.91. The number of hydrogen-bond acceptors (Lipinski definition) is 3. The minimum absolute atomic E-state index is 0.00452. The van der Waals surface area contributed by atoms with E-state index in [2.05, 4.69) is 35.3 Å². The first-order chi connectivity index (χ1) is 11.0. The van der Waals surface area contributed by atoms with E-state index in [-0.39, 0.29) is 11.9 Å². The number of hydrogen-bond donors (Lipinski definition) is 1. The Hall–Kier alpha value is -2.17. The average Bonchev–Trinajstić information content (AvgIpc) is 2.83. The minimum atomic E-state index is 0.00452. The Morgan fingerprint density at radius 2 is 2.13 bits per heavy atom. The molecule has 2 rings (SSSR count). The van der Waals surface area contributed by atoms with Crippen LogP contribution in [0.15, 0.2) is 30.6 Å². The number of amides is 1. The van der Waals surface area contributed by atoms with Gasteiger partial charge in [0.1, 0.15) is 0 Å². The van der Waals surface area contributed by atoms with Crippen LogP contribution in [0, 0.1) is 19.8 Å². The fourth-order valence-electron chi connectivity index (χ4n) is 2.73. The Kier molecular flexibility index (Phi) is 5.90. The van der Waals surface area contributed by atoms with Gasteiger partial charge in [-0.3, -0.25) is 14.5 Å². The van der Waals surface area contributed by atoms with Crippen LogP contribution in [-0.4, -0.2) is 20.7 Å². The van der Waals surface area contributed by atoms with Crippen LogP contribution in [0.5, 0.6) is 0 Å². The molecule has 1 N–H and O–H groups in total. The molecule has 0 spiro atoms. The van der Waals surface area contributed by atoms with Crippen molar-refractivity contribution in [1.29, 1.82) is 0 Å². The van der Waals surface area contributed by atoms with Gasteiger partial charge in [0.2, 0.25) is 5.91 Å². The summed E-state index contributed by atoms with van der Waals surface area (Å²) in [5.74, 6) is 0.397. The van der Waals surface area contributed by atoms with Gasteiger partial charge in [0.15, 0.2) is 0 Å². The Morgan fingerprint density at radius 1 is 1.35 bits per heavy atom. The molecule has 0 aliphatic rings. The van der Waals surface area contributed by atoms with Crippen LogP contribution in [0.4, 0.5) is 0 Å². The summed E-state index contributed by atoms with van der Waals surface area (Å²) in [5, 5.41) is 7.55. The second-order valence-corrected chi connectivity index (χ2v) is 6.33. The Labute approximate surface area is 138 Å². The fourth-order valence-corrected chi connectivity index (χ4v) is 2.73. The zero-order valence-electron chi connectivity index (χ0n) is 14.4. The highest BCUT2D eigenvalue weighted by Gasteiger charge is 2.18. The van der Waals surface area contributed by atoms with Crippen molar-refractivity contribution >= 4 is 5.91 Å². The largest absolute Gasteiger partial charge is 0.349 e. The maximum absolute atomic E-state index is 12.3. The van der Waals surface area contributed by atoms with Crippen LogP contribution >= 0.6 is 0 Å². The van der Waals surface area contributed by atoms with E-state index in [1.807, 2.05) is 36.9 Å². The molecule has 0 saturated carbocycles. The summed E-state index contributed by atoms with van der Waals surface area (Å²) in [6, 6.07) is 5.97. The molecular weight excluding hydrogens is 288 g/mol. The van der Waals surface area contributed by atoms with Gasteiger partial charge in [0.25, 0.3) is 0 Å². The van der Waals surface area contributed by atoms with Crippen molar-refractivity contribution in [3.8, 4) is 0 Å². The van der Waals surface area contributed by atoms with Crippen molar-refractivity contribution in [3.05, 3.63) is 47.5 Å². The Balaban J connectivity index is 1.86. The van der Waals surface area contributed by atoms with Gasteiger partial charge in [-0.25, -0.2) is 0 Å². The molecule has 0 radical (unpaired) electrons. The number of carbonyl (C=O) groups excluding carboxylic acids is 1. The topological polar surface area (TPSA) is 59.8 Å². The van der Waals surface area contributed by atoms with E-state index in [0.29, 0.717) is 12.3 Å². The molecule has 2 aromatic rings. The minimum Gasteiger partial charge on any atom is -0.349 e. The third-order valence-corrected chi connectivity index (χ3v) is 3.90. The molecule has 2 heterocycles. The van der Waals surface area contributed by atoms with Gasteiger partial charge in [0, 0.05) is 31.1 Å². The first-order valence-corrected chi connectivity index (χ1v) is 8.17. The summed E-state index contributed by atoms with van der Waals surface area (Å²) in [7, 11) is 0. The van der Waals surface area contributed by atoms with Crippen LogP contribution in [0.1, 0.15) is 49.7 Å². The standard InChI is InChI=1S/C18H26N4O/c1-13(2)18(16-7-5-9-19-12-16)20-17(23)8-6-10-22-15(4)11-14(3)21-22/h5,7,9,11-13,18H,6,8,10H2,1-4H3,(H,20,23). The molecule has 0 saturated heterocycles. The normalized spacial score (nSPS) is 12.4. The highest BCUT2D eigenvalue weighted by atomic mass is 16.1. The Bertz CT molecular complexity index is 634. The summed E-state index contributed by atoms with van der Waals surface area (Å²) in [6.07, 6.45) is 4.85. The first kappa shape index (κ1) is 17.2. The monoisotopic (exact) mass is 314 g/mol. The van der Waals surface area contributed by atoms with E-state index in [1.165, 1.54) is 0 Å². The summed E-state index contributed by atoms with van der Waals surface area (Å²) in [5.41, 5.74) is 3.20. The zero-order chi connectivity index (χ0) is 16.8. The molecule has 1 unspecified atom stereocenters. The fraction of sp³-hybridized carbons (Fsp3) is 0.500. The summed E-state index contributed by atoms with van der Waals surface area (Å²) in [6.45, 7) is 9.00. The summed E-state index contributed by atoms with van der Waals surface area (Å²) >= 11 is 0. The number of aryl methyl sites for hydroxylation is 3. The predicted octanol–water partition coefficient (Wildman–Crippen LogP) is 3.19. The highest BCUT2D eigenvalue weighted by Crippen LogP contribution is 2.20. The van der Waals surface area contributed by atoms with Crippen LogP contribution in [0.25, 0.3) is 0 Å². The highest BCUT2D eigenvalue weighted by molar-refractivity contribution is 5.76. The number of nitrogens with zero attached hydrogens (tertiary/aromatic N) is 3. The van der Waals surface area contributed by atoms with Gasteiger partial charge < -0.3 is 5.32 Å². The molecule has 1 atom stereocenters. The van der Waals surface area contributed by atoms with Crippen molar-refractivity contribution in [2.75, 3.05) is 0 Å². The second kappa shape index (κ2) is 7.90. The molecule has 5 nitrogen and oxygen atoms in total. The number of nitrogens with one attached hydrogen (secondary N) is 1. The van der Waals surface area contributed by atoms with Crippen LogP contribution < -0.4 is 5.32 Å². The quantitative estimate of drug-likeness (QED) is 0.854. The van der Waals surface area contributed by atoms with E-state index in [1.54, 1.807) is 6.20 Å². The molecule has 1 amide bonds. The predicted molar refractivity (Wildman–Crippen MR) is 90.9 cm³/mol. The van der Waals surface area contributed by atoms with E-state index in [0.717, 1.165) is 29.9 Å². The Morgan fingerprint density at radius 3 is 2.70 bits per heavy atom. The smallest absolute Gasteiger partial charge is 0.220 e. The first-order valence-electron chi connectivity index (χ1n) is 8.17. The lowest BCUT2D eigenvalue weighted by atomic mass is 9.97. The van der Waals surface area contributed by atoms with Gasteiger partial charge in [-0.15, -0.1) is 0 Å². The molecular formula is C18H26N4O. The number of rotatable bonds is 7. The van der Waals surface area contributed by atoms with Gasteiger partial charge in [-0.05, 0) is 43.9 Å². The van der Waals surface area contributed by atoms with Gasteiger partial charge in [-0.1, -0.05) is 19.9 Å². The summed E-state index contributed by atoms with van der Waals surface area (Å²) in [4.78, 5) is 16.4.